The lowest BCUT2D eigenvalue weighted by molar-refractivity contribution is -0.114. The lowest BCUT2D eigenvalue weighted by Gasteiger charge is -2.18. The number of hydrogen-bond acceptors (Lipinski definition) is 5. The Kier molecular flexibility index (Phi) is 5.38. The molecule has 0 aliphatic rings. The predicted molar refractivity (Wildman–Crippen MR) is 90.6 cm³/mol. The fourth-order valence-corrected chi connectivity index (χ4v) is 2.40. The first-order chi connectivity index (χ1) is 11.7. The Hall–Kier alpha value is -2.94. The van der Waals surface area contributed by atoms with Crippen molar-refractivity contribution in [1.82, 2.24) is 0 Å². The molecule has 0 aromatic heterocycles. The Balaban J connectivity index is 2.19. The van der Waals surface area contributed by atoms with E-state index in [0.717, 1.165) is 0 Å². The van der Waals surface area contributed by atoms with Crippen molar-refractivity contribution < 1.29 is 26.1 Å². The van der Waals surface area contributed by atoms with Crippen LogP contribution in [0.2, 0.25) is 0 Å². The van der Waals surface area contributed by atoms with Crippen molar-refractivity contribution >= 4 is 33.7 Å². The van der Waals surface area contributed by atoms with Gasteiger partial charge in [0.25, 0.3) is 5.91 Å². The molecule has 0 heterocycles. The second kappa shape index (κ2) is 7.31. The molecule has 2 aromatic carbocycles. The van der Waals surface area contributed by atoms with Crippen LogP contribution in [0.25, 0.3) is 0 Å². The fourth-order valence-electron chi connectivity index (χ4n) is 2.07. The Labute approximate surface area is 144 Å². The van der Waals surface area contributed by atoms with E-state index in [4.69, 9.17) is 0 Å². The van der Waals surface area contributed by atoms with Crippen LogP contribution >= 0.6 is 0 Å². The summed E-state index contributed by atoms with van der Waals surface area (Å²) in [7, 11) is -3.67. The van der Waals surface area contributed by atoms with Gasteiger partial charge in [0, 0.05) is 37.0 Å². The van der Waals surface area contributed by atoms with Crippen molar-refractivity contribution in [2.45, 2.75) is 6.92 Å². The number of carbonyl (C=O) groups is 2. The van der Waals surface area contributed by atoms with E-state index >= 15 is 0 Å². The maximum absolute atomic E-state index is 12.6. The molecule has 0 fully saturated rings. The van der Waals surface area contributed by atoms with E-state index < -0.39 is 10.5 Å². The highest BCUT2D eigenvalue weighted by molar-refractivity contribution is 7.81. The SMILES string of the molecule is CC(=O)Nc1ccc(C(=O)N(C)c2cccc(OS(=O)(=O)F)c2)cc1. The largest absolute Gasteiger partial charge is 0.488 e. The van der Waals surface area contributed by atoms with Crippen molar-refractivity contribution in [3.63, 3.8) is 0 Å². The van der Waals surface area contributed by atoms with E-state index in [-0.39, 0.29) is 17.6 Å². The molecule has 2 aromatic rings. The molecule has 0 aliphatic carbocycles. The predicted octanol–water partition coefficient (Wildman–Crippen LogP) is 2.51. The summed E-state index contributed by atoms with van der Waals surface area (Å²) in [5, 5.41) is 2.59. The van der Waals surface area contributed by atoms with Crippen LogP contribution < -0.4 is 14.4 Å². The van der Waals surface area contributed by atoms with E-state index in [1.54, 1.807) is 18.2 Å². The van der Waals surface area contributed by atoms with Gasteiger partial charge in [0.15, 0.2) is 0 Å². The molecule has 0 bridgehead atoms. The molecule has 7 nitrogen and oxygen atoms in total. The van der Waals surface area contributed by atoms with Gasteiger partial charge in [-0.25, -0.2) is 0 Å². The molecule has 132 valence electrons. The summed E-state index contributed by atoms with van der Waals surface area (Å²) in [6.45, 7) is 1.37. The van der Waals surface area contributed by atoms with Crippen LogP contribution in [0, 0.1) is 0 Å². The van der Waals surface area contributed by atoms with Crippen molar-refractivity contribution in [3.8, 4) is 5.75 Å². The average Bonchev–Trinajstić information content (AvgIpc) is 2.52. The standard InChI is InChI=1S/C16H15FN2O5S/c1-11(20)18-13-8-6-12(7-9-13)16(21)19(2)14-4-3-5-15(10-14)24-25(17,22)23/h3-10H,1-2H3,(H,18,20). The molecule has 0 unspecified atom stereocenters. The van der Waals surface area contributed by atoms with E-state index in [9.17, 15) is 21.9 Å². The van der Waals surface area contributed by atoms with Gasteiger partial charge in [-0.2, -0.15) is 8.42 Å². The molecule has 0 atom stereocenters. The lowest BCUT2D eigenvalue weighted by Crippen LogP contribution is -2.26. The summed E-state index contributed by atoms with van der Waals surface area (Å²) in [5.74, 6) is -0.855. The third kappa shape index (κ3) is 5.28. The van der Waals surface area contributed by atoms with Gasteiger partial charge in [0.2, 0.25) is 5.91 Å². The highest BCUT2D eigenvalue weighted by atomic mass is 32.3. The minimum Gasteiger partial charge on any atom is -0.358 e. The first-order valence-electron chi connectivity index (χ1n) is 7.05. The maximum atomic E-state index is 12.6. The zero-order chi connectivity index (χ0) is 18.6. The molecule has 25 heavy (non-hydrogen) atoms. The van der Waals surface area contributed by atoms with Crippen LogP contribution in [0.1, 0.15) is 17.3 Å². The molecule has 0 saturated heterocycles. The van der Waals surface area contributed by atoms with Crippen LogP contribution in [0.4, 0.5) is 15.3 Å². The Bertz CT molecular complexity index is 897. The number of carbonyl (C=O) groups excluding carboxylic acids is 2. The quantitative estimate of drug-likeness (QED) is 0.821. The molecular formula is C16H15FN2O5S. The van der Waals surface area contributed by atoms with Gasteiger partial charge >= 0.3 is 10.5 Å². The highest BCUT2D eigenvalue weighted by Gasteiger charge is 2.16. The molecule has 2 amide bonds. The molecule has 2 rings (SSSR count). The van der Waals surface area contributed by atoms with Crippen molar-refractivity contribution in [2.75, 3.05) is 17.3 Å². The Morgan fingerprint density at radius 3 is 2.32 bits per heavy atom. The minimum atomic E-state index is -5.14. The summed E-state index contributed by atoms with van der Waals surface area (Å²) < 4.78 is 37.8. The molecule has 0 aliphatic heterocycles. The normalized spacial score (nSPS) is 10.8. The number of anilines is 2. The van der Waals surface area contributed by atoms with Gasteiger partial charge in [-0.15, -0.1) is 0 Å². The minimum absolute atomic E-state index is 0.226. The lowest BCUT2D eigenvalue weighted by atomic mass is 10.1. The molecule has 0 spiro atoms. The summed E-state index contributed by atoms with van der Waals surface area (Å²) in [6.07, 6.45) is 0. The van der Waals surface area contributed by atoms with Crippen molar-refractivity contribution in [1.29, 1.82) is 0 Å². The molecule has 9 heteroatoms. The third-order valence-corrected chi connectivity index (χ3v) is 3.55. The van der Waals surface area contributed by atoms with E-state index in [2.05, 4.69) is 9.50 Å². The summed E-state index contributed by atoms with van der Waals surface area (Å²) in [5.41, 5.74) is 1.22. The fraction of sp³-hybridized carbons (Fsp3) is 0.125. The number of nitrogens with one attached hydrogen (secondary N) is 1. The zero-order valence-corrected chi connectivity index (χ0v) is 14.2. The Morgan fingerprint density at radius 1 is 1.12 bits per heavy atom. The van der Waals surface area contributed by atoms with Crippen LogP contribution in [0.5, 0.6) is 5.75 Å². The van der Waals surface area contributed by atoms with E-state index in [0.29, 0.717) is 16.9 Å². The van der Waals surface area contributed by atoms with Gasteiger partial charge in [-0.1, -0.05) is 9.95 Å². The van der Waals surface area contributed by atoms with Crippen LogP contribution in [0.15, 0.2) is 48.5 Å². The Morgan fingerprint density at radius 2 is 1.76 bits per heavy atom. The van der Waals surface area contributed by atoms with Crippen molar-refractivity contribution in [3.05, 3.63) is 54.1 Å². The second-order valence-corrected chi connectivity index (χ2v) is 6.05. The van der Waals surface area contributed by atoms with Crippen LogP contribution in [0.3, 0.4) is 0 Å². The molecule has 0 saturated carbocycles. The zero-order valence-electron chi connectivity index (χ0n) is 13.4. The maximum Gasteiger partial charge on any atom is 0.488 e. The molecule has 0 radical (unpaired) electrons. The van der Waals surface area contributed by atoms with Gasteiger partial charge in [0.05, 0.1) is 0 Å². The van der Waals surface area contributed by atoms with Gasteiger partial charge in [0.1, 0.15) is 5.75 Å². The number of amides is 2. The number of halogens is 1. The first-order valence-corrected chi connectivity index (χ1v) is 8.36. The number of benzene rings is 2. The second-order valence-electron chi connectivity index (χ2n) is 5.10. The van der Waals surface area contributed by atoms with Gasteiger partial charge in [-0.05, 0) is 36.4 Å². The monoisotopic (exact) mass is 366 g/mol. The number of rotatable bonds is 5. The summed E-state index contributed by atoms with van der Waals surface area (Å²) >= 11 is 0. The van der Waals surface area contributed by atoms with E-state index in [1.165, 1.54) is 49.2 Å². The van der Waals surface area contributed by atoms with Crippen LogP contribution in [-0.2, 0) is 15.3 Å². The summed E-state index contributed by atoms with van der Waals surface area (Å²) in [6, 6.07) is 11.7. The first kappa shape index (κ1) is 18.4. The van der Waals surface area contributed by atoms with Crippen LogP contribution in [-0.4, -0.2) is 27.3 Å². The average molecular weight is 366 g/mol. The van der Waals surface area contributed by atoms with E-state index in [1.807, 2.05) is 0 Å². The third-order valence-electron chi connectivity index (χ3n) is 3.16. The topological polar surface area (TPSA) is 92.8 Å². The molecule has 1 N–H and O–H groups in total. The smallest absolute Gasteiger partial charge is 0.358 e. The molecular weight excluding hydrogens is 351 g/mol. The van der Waals surface area contributed by atoms with Crippen molar-refractivity contribution in [2.24, 2.45) is 0 Å². The van der Waals surface area contributed by atoms with Gasteiger partial charge in [-0.3, -0.25) is 9.59 Å². The van der Waals surface area contributed by atoms with Gasteiger partial charge < -0.3 is 14.4 Å². The highest BCUT2D eigenvalue weighted by Crippen LogP contribution is 2.23. The number of nitrogens with zero attached hydrogens (tertiary/aromatic N) is 1. The number of hydrogen-bond donors (Lipinski definition) is 1. The summed E-state index contributed by atoms with van der Waals surface area (Å²) in [4.78, 5) is 24.7.